The van der Waals surface area contributed by atoms with Crippen LogP contribution in [0.4, 0.5) is 0 Å². The molecule has 2 saturated heterocycles. The van der Waals surface area contributed by atoms with Crippen LogP contribution < -0.4 is 0 Å². The Morgan fingerprint density at radius 1 is 0.857 bits per heavy atom. The van der Waals surface area contributed by atoms with E-state index >= 15 is 0 Å². The van der Waals surface area contributed by atoms with Gasteiger partial charge in [-0.1, -0.05) is 6.92 Å². The van der Waals surface area contributed by atoms with E-state index in [1.54, 1.807) is 0 Å². The lowest BCUT2D eigenvalue weighted by molar-refractivity contribution is 0.0140. The van der Waals surface area contributed by atoms with E-state index < -0.39 is 0 Å². The van der Waals surface area contributed by atoms with Gasteiger partial charge in [0.25, 0.3) is 0 Å². The smallest absolute Gasteiger partial charge is 0.0584 e. The first kappa shape index (κ1) is 12.0. The topological polar surface area (TPSA) is 38.7 Å². The molecule has 84 valence electrons. The zero-order chi connectivity index (χ0) is 10.2. The van der Waals surface area contributed by atoms with Crippen molar-refractivity contribution < 1.29 is 14.6 Å². The average Bonchev–Trinajstić information content (AvgIpc) is 2.21. The summed E-state index contributed by atoms with van der Waals surface area (Å²) in [5.41, 5.74) is 0. The van der Waals surface area contributed by atoms with E-state index in [4.69, 9.17) is 14.6 Å². The zero-order valence-corrected chi connectivity index (χ0v) is 9.08. The molecule has 2 rings (SSSR count). The van der Waals surface area contributed by atoms with Crippen molar-refractivity contribution in [2.75, 3.05) is 26.4 Å². The molecule has 14 heavy (non-hydrogen) atoms. The minimum absolute atomic E-state index is 0.0891. The fourth-order valence-electron chi connectivity index (χ4n) is 1.50. The monoisotopic (exact) mass is 202 g/mol. The highest BCUT2D eigenvalue weighted by atomic mass is 16.5. The fourth-order valence-corrected chi connectivity index (χ4v) is 1.50. The zero-order valence-electron chi connectivity index (χ0n) is 9.08. The minimum atomic E-state index is -0.0891. The van der Waals surface area contributed by atoms with Crippen molar-refractivity contribution >= 4 is 0 Å². The molecule has 0 atom stereocenters. The van der Waals surface area contributed by atoms with Crippen LogP contribution in [0, 0.1) is 5.92 Å². The van der Waals surface area contributed by atoms with Crippen LogP contribution in [0.5, 0.6) is 0 Å². The minimum Gasteiger partial charge on any atom is -0.393 e. The molecule has 0 aromatic rings. The first-order valence-corrected chi connectivity index (χ1v) is 5.62. The molecular weight excluding hydrogens is 180 g/mol. The largest absolute Gasteiger partial charge is 0.393 e. The van der Waals surface area contributed by atoms with Crippen LogP contribution in [-0.2, 0) is 9.47 Å². The molecule has 2 aliphatic rings. The second-order valence-electron chi connectivity index (χ2n) is 4.14. The van der Waals surface area contributed by atoms with E-state index in [9.17, 15) is 0 Å². The Balaban J connectivity index is 0.000000140. The van der Waals surface area contributed by atoms with Crippen LogP contribution in [0.1, 0.15) is 32.6 Å². The van der Waals surface area contributed by atoms with Crippen molar-refractivity contribution in [3.05, 3.63) is 0 Å². The van der Waals surface area contributed by atoms with Gasteiger partial charge < -0.3 is 14.6 Å². The Kier molecular flexibility index (Phi) is 6.15. The summed E-state index contributed by atoms with van der Waals surface area (Å²) < 4.78 is 10.1. The second kappa shape index (κ2) is 7.21. The third-order valence-corrected chi connectivity index (χ3v) is 2.70. The van der Waals surface area contributed by atoms with Gasteiger partial charge in [0.2, 0.25) is 0 Å². The summed E-state index contributed by atoms with van der Waals surface area (Å²) in [7, 11) is 0. The van der Waals surface area contributed by atoms with E-state index in [-0.39, 0.29) is 6.10 Å². The van der Waals surface area contributed by atoms with Crippen molar-refractivity contribution in [3.63, 3.8) is 0 Å². The Labute approximate surface area is 86.4 Å². The van der Waals surface area contributed by atoms with Crippen molar-refractivity contribution in [1.82, 2.24) is 0 Å². The molecule has 3 heteroatoms. The van der Waals surface area contributed by atoms with Gasteiger partial charge in [0.05, 0.1) is 6.10 Å². The standard InChI is InChI=1S/C6H12O.C5H10O2/c1-6-2-4-7-5-3-6;6-5-1-3-7-4-2-5/h6H,2-5H2,1H3;5-6H,1-4H2. The summed E-state index contributed by atoms with van der Waals surface area (Å²) in [6.45, 7) is 5.73. The summed E-state index contributed by atoms with van der Waals surface area (Å²) in [6.07, 6.45) is 4.08. The van der Waals surface area contributed by atoms with Gasteiger partial charge in [-0.25, -0.2) is 0 Å². The first-order chi connectivity index (χ1) is 6.79. The normalized spacial score (nSPS) is 25.3. The van der Waals surface area contributed by atoms with Gasteiger partial charge in [-0.15, -0.1) is 0 Å². The Hall–Kier alpha value is -0.120. The summed E-state index contributed by atoms with van der Waals surface area (Å²) in [6, 6.07) is 0. The average molecular weight is 202 g/mol. The van der Waals surface area contributed by atoms with Crippen LogP contribution in [0.3, 0.4) is 0 Å². The molecule has 0 spiro atoms. The maximum atomic E-state index is 8.83. The van der Waals surface area contributed by atoms with Crippen molar-refractivity contribution in [2.45, 2.75) is 38.7 Å². The lowest BCUT2D eigenvalue weighted by atomic mass is 10.0. The van der Waals surface area contributed by atoms with Crippen LogP contribution in [0.25, 0.3) is 0 Å². The highest BCUT2D eigenvalue weighted by Crippen LogP contribution is 2.11. The van der Waals surface area contributed by atoms with Gasteiger partial charge in [-0.05, 0) is 31.6 Å². The third-order valence-electron chi connectivity index (χ3n) is 2.70. The number of ether oxygens (including phenoxy) is 2. The summed E-state index contributed by atoms with van der Waals surface area (Å²) in [5.74, 6) is 0.911. The molecule has 3 nitrogen and oxygen atoms in total. The number of hydrogen-bond donors (Lipinski definition) is 1. The molecule has 0 aliphatic carbocycles. The number of aliphatic hydroxyl groups excluding tert-OH is 1. The number of rotatable bonds is 0. The maximum Gasteiger partial charge on any atom is 0.0584 e. The Morgan fingerprint density at radius 2 is 1.29 bits per heavy atom. The van der Waals surface area contributed by atoms with Gasteiger partial charge >= 0.3 is 0 Å². The molecule has 0 saturated carbocycles. The quantitative estimate of drug-likeness (QED) is 0.648. The Bertz CT molecular complexity index is 110. The summed E-state index contributed by atoms with van der Waals surface area (Å²) >= 11 is 0. The molecular formula is C11H22O3. The fraction of sp³-hybridized carbons (Fsp3) is 1.00. The highest BCUT2D eigenvalue weighted by molar-refractivity contribution is 4.58. The SMILES string of the molecule is CC1CCOCC1.OC1CCOCC1. The maximum absolute atomic E-state index is 8.83. The van der Waals surface area contributed by atoms with Crippen LogP contribution in [-0.4, -0.2) is 37.6 Å². The molecule has 1 N–H and O–H groups in total. The number of hydrogen-bond acceptors (Lipinski definition) is 3. The van der Waals surface area contributed by atoms with Gasteiger partial charge in [-0.3, -0.25) is 0 Å². The second-order valence-corrected chi connectivity index (χ2v) is 4.14. The molecule has 2 fully saturated rings. The predicted molar refractivity (Wildman–Crippen MR) is 55.3 cm³/mol. The van der Waals surface area contributed by atoms with Gasteiger partial charge in [0, 0.05) is 26.4 Å². The van der Waals surface area contributed by atoms with E-state index in [1.807, 2.05) is 0 Å². The molecule has 0 unspecified atom stereocenters. The molecule has 2 aliphatic heterocycles. The molecule has 0 aromatic carbocycles. The molecule has 2 heterocycles. The molecule has 0 aromatic heterocycles. The number of aliphatic hydroxyl groups is 1. The summed E-state index contributed by atoms with van der Waals surface area (Å²) in [4.78, 5) is 0. The van der Waals surface area contributed by atoms with Crippen molar-refractivity contribution in [3.8, 4) is 0 Å². The highest BCUT2D eigenvalue weighted by Gasteiger charge is 2.08. The molecule has 0 amide bonds. The Morgan fingerprint density at radius 3 is 1.50 bits per heavy atom. The van der Waals surface area contributed by atoms with Gasteiger partial charge in [0.15, 0.2) is 0 Å². The van der Waals surface area contributed by atoms with Gasteiger partial charge in [0.1, 0.15) is 0 Å². The van der Waals surface area contributed by atoms with E-state index in [2.05, 4.69) is 6.92 Å². The summed E-state index contributed by atoms with van der Waals surface area (Å²) in [5, 5.41) is 8.83. The lowest BCUT2D eigenvalue weighted by Crippen LogP contribution is -2.19. The van der Waals surface area contributed by atoms with Crippen molar-refractivity contribution in [2.24, 2.45) is 5.92 Å². The first-order valence-electron chi connectivity index (χ1n) is 5.62. The third kappa shape index (κ3) is 5.58. The molecule has 0 bridgehead atoms. The lowest BCUT2D eigenvalue weighted by Gasteiger charge is -2.16. The van der Waals surface area contributed by atoms with Crippen molar-refractivity contribution in [1.29, 1.82) is 0 Å². The predicted octanol–water partition coefficient (Wildman–Crippen LogP) is 1.59. The van der Waals surface area contributed by atoms with Gasteiger partial charge in [-0.2, -0.15) is 0 Å². The van der Waals surface area contributed by atoms with Crippen LogP contribution in [0.15, 0.2) is 0 Å². The van der Waals surface area contributed by atoms with E-state index in [0.717, 1.165) is 45.2 Å². The molecule has 0 radical (unpaired) electrons. The van der Waals surface area contributed by atoms with E-state index in [0.29, 0.717) is 0 Å². The van der Waals surface area contributed by atoms with Crippen LogP contribution in [0.2, 0.25) is 0 Å². The van der Waals surface area contributed by atoms with E-state index in [1.165, 1.54) is 12.8 Å². The van der Waals surface area contributed by atoms with Crippen LogP contribution >= 0.6 is 0 Å².